The number of carbonyl (C=O) groups excluding carboxylic acids is 1. The number of ketones is 1. The molecule has 0 aromatic rings. The summed E-state index contributed by atoms with van der Waals surface area (Å²) in [6, 6.07) is 0. The van der Waals surface area contributed by atoms with Crippen LogP contribution in [0.4, 0.5) is 0 Å². The minimum Gasteiger partial charge on any atom is -0.396 e. The number of hydrogen-bond acceptors (Lipinski definition) is 3. The van der Waals surface area contributed by atoms with Crippen LogP contribution >= 0.6 is 0 Å². The predicted octanol–water partition coefficient (Wildman–Crippen LogP) is 0.572. The zero-order valence-corrected chi connectivity index (χ0v) is 9.29. The van der Waals surface area contributed by atoms with Crippen molar-refractivity contribution in [3.05, 3.63) is 12.2 Å². The first-order valence-corrected chi connectivity index (χ1v) is 5.15. The Labute approximate surface area is 75.8 Å². The predicted molar refractivity (Wildman–Crippen MR) is 50.5 cm³/mol. The molecule has 0 atom stereocenters. The van der Waals surface area contributed by atoms with Gasteiger partial charge in [0.25, 0.3) is 0 Å². The Hall–Kier alpha value is -0.453. The molecule has 0 aromatic carbocycles. The molecule has 0 amide bonds. The molecule has 0 unspecified atom stereocenters. The summed E-state index contributed by atoms with van der Waals surface area (Å²) < 4.78 is 10.4. The van der Waals surface area contributed by atoms with E-state index in [0.717, 1.165) is 0 Å². The van der Waals surface area contributed by atoms with Crippen molar-refractivity contribution in [3.63, 3.8) is 0 Å². The van der Waals surface area contributed by atoms with Crippen LogP contribution in [0.15, 0.2) is 12.2 Å². The molecule has 0 heterocycles. The second-order valence-corrected chi connectivity index (χ2v) is 3.69. The first-order valence-electron chi connectivity index (χ1n) is 3.99. The average molecular weight is 188 g/mol. The van der Waals surface area contributed by atoms with Crippen LogP contribution in [0.25, 0.3) is 0 Å². The van der Waals surface area contributed by atoms with E-state index in [1.807, 2.05) is 13.8 Å². The van der Waals surface area contributed by atoms with Crippen LogP contribution in [-0.4, -0.2) is 28.5 Å². The molecule has 0 rings (SSSR count). The first-order chi connectivity index (χ1) is 5.63. The summed E-state index contributed by atoms with van der Waals surface area (Å²) in [5.74, 6) is 0.0463. The van der Waals surface area contributed by atoms with E-state index in [0.29, 0.717) is 6.61 Å². The van der Waals surface area contributed by atoms with E-state index in [-0.39, 0.29) is 11.9 Å². The summed E-state index contributed by atoms with van der Waals surface area (Å²) in [6.45, 7) is 5.95. The van der Waals surface area contributed by atoms with Crippen molar-refractivity contribution < 1.29 is 13.6 Å². The van der Waals surface area contributed by atoms with E-state index in [9.17, 15) is 4.79 Å². The Morgan fingerprint density at radius 3 is 2.75 bits per heavy atom. The number of hydrogen-bond donors (Lipinski definition) is 0. The fourth-order valence-electron chi connectivity index (χ4n) is 0.514. The normalized spacial score (nSPS) is 12.3. The van der Waals surface area contributed by atoms with Gasteiger partial charge < -0.3 is 8.85 Å². The molecule has 12 heavy (non-hydrogen) atoms. The van der Waals surface area contributed by atoms with E-state index in [1.54, 1.807) is 6.08 Å². The van der Waals surface area contributed by atoms with Gasteiger partial charge in [0.15, 0.2) is 5.78 Å². The van der Waals surface area contributed by atoms with E-state index in [2.05, 4.69) is 0 Å². The van der Waals surface area contributed by atoms with Crippen LogP contribution in [0, 0.1) is 0 Å². The Kier molecular flexibility index (Phi) is 6.94. The molecule has 4 heteroatoms. The van der Waals surface area contributed by atoms with Gasteiger partial charge in [-0.1, -0.05) is 6.08 Å². The van der Waals surface area contributed by atoms with Crippen molar-refractivity contribution in [3.8, 4) is 0 Å². The fraction of sp³-hybridized carbons (Fsp3) is 0.625. The highest BCUT2D eigenvalue weighted by atomic mass is 28.3. The zero-order valence-electron chi connectivity index (χ0n) is 7.87. The summed E-state index contributed by atoms with van der Waals surface area (Å²) in [7, 11) is -0.844. The first kappa shape index (κ1) is 11.5. The maximum absolute atomic E-state index is 10.4. The average Bonchev–Trinajstić information content (AvgIpc) is 1.95. The van der Waals surface area contributed by atoms with Gasteiger partial charge in [-0.3, -0.25) is 4.79 Å². The van der Waals surface area contributed by atoms with Crippen LogP contribution < -0.4 is 0 Å². The van der Waals surface area contributed by atoms with Gasteiger partial charge in [0.2, 0.25) is 0 Å². The van der Waals surface area contributed by atoms with E-state index in [1.165, 1.54) is 13.0 Å². The molecule has 0 saturated carbocycles. The monoisotopic (exact) mass is 188 g/mol. The summed E-state index contributed by atoms with van der Waals surface area (Å²) in [5.41, 5.74) is 0. The number of rotatable bonds is 6. The third kappa shape index (κ3) is 9.55. The van der Waals surface area contributed by atoms with Crippen molar-refractivity contribution in [1.82, 2.24) is 0 Å². The third-order valence-electron chi connectivity index (χ3n) is 1.05. The topological polar surface area (TPSA) is 35.5 Å². The lowest BCUT2D eigenvalue weighted by atomic mass is 10.4. The molecule has 0 aliphatic heterocycles. The van der Waals surface area contributed by atoms with Gasteiger partial charge >= 0.3 is 10.0 Å². The molecule has 0 aliphatic rings. The van der Waals surface area contributed by atoms with Gasteiger partial charge in [-0.25, -0.2) is 0 Å². The summed E-state index contributed by atoms with van der Waals surface area (Å²) in [5, 5.41) is 0. The molecule has 0 aliphatic carbocycles. The summed E-state index contributed by atoms with van der Waals surface area (Å²) >= 11 is 0. The molecule has 0 aromatic heterocycles. The van der Waals surface area contributed by atoms with E-state index in [4.69, 9.17) is 8.85 Å². The van der Waals surface area contributed by atoms with Crippen molar-refractivity contribution in [2.75, 3.05) is 6.61 Å². The van der Waals surface area contributed by atoms with Crippen molar-refractivity contribution in [2.24, 2.45) is 0 Å². The molecule has 0 bridgehead atoms. The minimum atomic E-state index is -0.844. The standard InChI is InChI=1S/C8H16O3Si/c1-7(2)11-12-10-6-4-5-8(3)9/h4-5,7H,6,12H2,1-3H3. The van der Waals surface area contributed by atoms with Crippen LogP contribution in [-0.2, 0) is 13.6 Å². The summed E-state index contributed by atoms with van der Waals surface area (Å²) in [6.07, 6.45) is 3.46. The van der Waals surface area contributed by atoms with E-state index < -0.39 is 10.0 Å². The van der Waals surface area contributed by atoms with Crippen LogP contribution in [0.2, 0.25) is 0 Å². The lowest BCUT2D eigenvalue weighted by molar-refractivity contribution is -0.112. The molecule has 0 saturated heterocycles. The molecule has 0 radical (unpaired) electrons. The second-order valence-electron chi connectivity index (χ2n) is 2.72. The summed E-state index contributed by atoms with van der Waals surface area (Å²) in [4.78, 5) is 10.4. The lowest BCUT2D eigenvalue weighted by Crippen LogP contribution is -2.10. The Morgan fingerprint density at radius 1 is 1.58 bits per heavy atom. The molecular formula is C8H16O3Si. The van der Waals surface area contributed by atoms with Crippen LogP contribution in [0.3, 0.4) is 0 Å². The molecule has 70 valence electrons. The quantitative estimate of drug-likeness (QED) is 0.347. The smallest absolute Gasteiger partial charge is 0.304 e. The highest BCUT2D eigenvalue weighted by Gasteiger charge is 1.91. The maximum atomic E-state index is 10.4. The lowest BCUT2D eigenvalue weighted by Gasteiger charge is -2.05. The number of carbonyl (C=O) groups is 1. The van der Waals surface area contributed by atoms with E-state index >= 15 is 0 Å². The molecule has 0 N–H and O–H groups in total. The molecule has 0 fully saturated rings. The van der Waals surface area contributed by atoms with Gasteiger partial charge in [-0.05, 0) is 26.8 Å². The molecular weight excluding hydrogens is 172 g/mol. The minimum absolute atomic E-state index is 0.0463. The largest absolute Gasteiger partial charge is 0.396 e. The van der Waals surface area contributed by atoms with Gasteiger partial charge in [0.05, 0.1) is 6.61 Å². The maximum Gasteiger partial charge on any atom is 0.304 e. The SMILES string of the molecule is CC(=O)C=CCO[SiH2]OC(C)C. The third-order valence-corrected chi connectivity index (χ3v) is 2.26. The van der Waals surface area contributed by atoms with Gasteiger partial charge in [0, 0.05) is 6.10 Å². The van der Waals surface area contributed by atoms with Crippen molar-refractivity contribution in [1.29, 1.82) is 0 Å². The van der Waals surface area contributed by atoms with Gasteiger partial charge in [-0.2, -0.15) is 0 Å². The van der Waals surface area contributed by atoms with Crippen LogP contribution in [0.5, 0.6) is 0 Å². The van der Waals surface area contributed by atoms with Crippen molar-refractivity contribution >= 4 is 15.8 Å². The van der Waals surface area contributed by atoms with Crippen molar-refractivity contribution in [2.45, 2.75) is 26.9 Å². The Bertz CT molecular complexity index is 154. The Morgan fingerprint density at radius 2 is 2.25 bits per heavy atom. The molecule has 0 spiro atoms. The molecule has 3 nitrogen and oxygen atoms in total. The van der Waals surface area contributed by atoms with Gasteiger partial charge in [0.1, 0.15) is 0 Å². The fourth-order valence-corrected chi connectivity index (χ4v) is 1.12. The second kappa shape index (κ2) is 7.21. The van der Waals surface area contributed by atoms with Crippen LogP contribution in [0.1, 0.15) is 20.8 Å². The Balaban J connectivity index is 3.16. The van der Waals surface area contributed by atoms with Gasteiger partial charge in [-0.15, -0.1) is 0 Å². The number of allylic oxidation sites excluding steroid dienone is 1. The zero-order chi connectivity index (χ0) is 9.40. The highest BCUT2D eigenvalue weighted by molar-refractivity contribution is 6.18. The highest BCUT2D eigenvalue weighted by Crippen LogP contribution is 1.85.